The van der Waals surface area contributed by atoms with E-state index in [1.807, 2.05) is 24.3 Å². The van der Waals surface area contributed by atoms with E-state index in [1.165, 1.54) is 10.9 Å². The number of nitrogens with zero attached hydrogens (tertiary/aromatic N) is 3. The Kier molecular flexibility index (Phi) is 1.98. The second-order valence-corrected chi connectivity index (χ2v) is 3.62. The quantitative estimate of drug-likeness (QED) is 0.622. The molecule has 17 heavy (non-hydrogen) atoms. The molecule has 0 amide bonds. The molecule has 0 saturated carbocycles. The van der Waals surface area contributed by atoms with Crippen molar-refractivity contribution in [2.24, 2.45) is 0 Å². The third-order valence-electron chi connectivity index (χ3n) is 2.50. The molecule has 2 aromatic carbocycles. The van der Waals surface area contributed by atoms with E-state index in [1.54, 1.807) is 12.1 Å². The van der Waals surface area contributed by atoms with E-state index >= 15 is 0 Å². The number of phenols is 2. The van der Waals surface area contributed by atoms with Crippen molar-refractivity contribution in [2.45, 2.75) is 0 Å². The molecule has 0 atom stereocenters. The SMILES string of the molecule is Oc1cccc(-n2nc3ccccc3n2)c1O. The normalized spacial score (nSPS) is 10.8. The number of para-hydroxylation sites is 1. The van der Waals surface area contributed by atoms with Gasteiger partial charge >= 0.3 is 0 Å². The van der Waals surface area contributed by atoms with E-state index in [0.29, 0.717) is 5.69 Å². The Labute approximate surface area is 96.6 Å². The van der Waals surface area contributed by atoms with Crippen LogP contribution in [0, 0.1) is 0 Å². The van der Waals surface area contributed by atoms with Gasteiger partial charge in [0.2, 0.25) is 0 Å². The van der Waals surface area contributed by atoms with E-state index in [2.05, 4.69) is 10.2 Å². The second kappa shape index (κ2) is 3.48. The Morgan fingerprint density at radius 2 is 1.47 bits per heavy atom. The van der Waals surface area contributed by atoms with E-state index < -0.39 is 0 Å². The summed E-state index contributed by atoms with van der Waals surface area (Å²) in [4.78, 5) is 1.31. The van der Waals surface area contributed by atoms with Gasteiger partial charge in [-0.3, -0.25) is 0 Å². The molecule has 0 aliphatic rings. The molecule has 0 saturated heterocycles. The molecule has 3 rings (SSSR count). The van der Waals surface area contributed by atoms with Gasteiger partial charge < -0.3 is 10.2 Å². The second-order valence-electron chi connectivity index (χ2n) is 3.62. The highest BCUT2D eigenvalue weighted by molar-refractivity contribution is 5.73. The molecule has 2 N–H and O–H groups in total. The highest BCUT2D eigenvalue weighted by atomic mass is 16.3. The summed E-state index contributed by atoms with van der Waals surface area (Å²) in [6, 6.07) is 12.1. The van der Waals surface area contributed by atoms with Crippen LogP contribution in [-0.2, 0) is 0 Å². The Balaban J connectivity index is 2.24. The van der Waals surface area contributed by atoms with Crippen LogP contribution < -0.4 is 0 Å². The minimum atomic E-state index is -0.229. The maximum atomic E-state index is 9.73. The van der Waals surface area contributed by atoms with E-state index in [9.17, 15) is 10.2 Å². The van der Waals surface area contributed by atoms with Crippen LogP contribution in [0.1, 0.15) is 0 Å². The van der Waals surface area contributed by atoms with Gasteiger partial charge in [0, 0.05) is 0 Å². The zero-order valence-corrected chi connectivity index (χ0v) is 8.78. The summed E-state index contributed by atoms with van der Waals surface area (Å²) in [5, 5.41) is 27.6. The molecular weight excluding hydrogens is 218 g/mol. The Bertz CT molecular complexity index is 658. The average molecular weight is 227 g/mol. The van der Waals surface area contributed by atoms with Gasteiger partial charge in [-0.1, -0.05) is 18.2 Å². The van der Waals surface area contributed by atoms with Crippen LogP contribution in [0.4, 0.5) is 0 Å². The van der Waals surface area contributed by atoms with E-state index in [4.69, 9.17) is 0 Å². The van der Waals surface area contributed by atoms with Crippen molar-refractivity contribution >= 4 is 11.0 Å². The van der Waals surface area contributed by atoms with Crippen molar-refractivity contribution in [1.29, 1.82) is 0 Å². The van der Waals surface area contributed by atoms with Gasteiger partial charge in [0.15, 0.2) is 11.5 Å². The highest BCUT2D eigenvalue weighted by Gasteiger charge is 2.10. The fourth-order valence-corrected chi connectivity index (χ4v) is 1.65. The first kappa shape index (κ1) is 9.65. The molecule has 0 fully saturated rings. The third kappa shape index (κ3) is 1.48. The van der Waals surface area contributed by atoms with Crippen LogP contribution in [0.5, 0.6) is 11.5 Å². The highest BCUT2D eigenvalue weighted by Crippen LogP contribution is 2.30. The predicted molar refractivity (Wildman–Crippen MR) is 62.2 cm³/mol. The maximum absolute atomic E-state index is 9.73. The Hall–Kier alpha value is -2.56. The molecule has 5 nitrogen and oxygen atoms in total. The minimum Gasteiger partial charge on any atom is -0.504 e. The number of benzene rings is 2. The largest absolute Gasteiger partial charge is 0.504 e. The monoisotopic (exact) mass is 227 g/mol. The van der Waals surface area contributed by atoms with Gasteiger partial charge in [0.1, 0.15) is 16.7 Å². The lowest BCUT2D eigenvalue weighted by Gasteiger charge is -2.03. The summed E-state index contributed by atoms with van der Waals surface area (Å²) in [5.74, 6) is -0.420. The van der Waals surface area contributed by atoms with E-state index in [-0.39, 0.29) is 11.5 Å². The molecule has 1 heterocycles. The average Bonchev–Trinajstić information content (AvgIpc) is 2.76. The van der Waals surface area contributed by atoms with Gasteiger partial charge in [-0.2, -0.15) is 0 Å². The van der Waals surface area contributed by atoms with Crippen molar-refractivity contribution in [3.8, 4) is 17.2 Å². The number of phenolic OH excluding ortho intramolecular Hbond substituents is 2. The summed E-state index contributed by atoms with van der Waals surface area (Å²) in [7, 11) is 0. The number of aromatic nitrogens is 3. The van der Waals surface area contributed by atoms with Crippen LogP contribution in [0.2, 0.25) is 0 Å². The summed E-state index contributed by atoms with van der Waals surface area (Å²) < 4.78 is 0. The molecule has 0 aliphatic heterocycles. The molecule has 0 bridgehead atoms. The lowest BCUT2D eigenvalue weighted by Crippen LogP contribution is -1.98. The van der Waals surface area contributed by atoms with Crippen LogP contribution in [-0.4, -0.2) is 25.2 Å². The molecular formula is C12H9N3O2. The first-order chi connectivity index (χ1) is 8.25. The van der Waals surface area contributed by atoms with Crippen molar-refractivity contribution in [2.75, 3.05) is 0 Å². The first-order valence-electron chi connectivity index (χ1n) is 5.09. The Morgan fingerprint density at radius 1 is 0.824 bits per heavy atom. The van der Waals surface area contributed by atoms with Crippen molar-refractivity contribution in [3.63, 3.8) is 0 Å². The fraction of sp³-hybridized carbons (Fsp3) is 0. The Morgan fingerprint density at radius 3 is 2.12 bits per heavy atom. The van der Waals surface area contributed by atoms with Gasteiger partial charge in [0.05, 0.1) is 0 Å². The summed E-state index contributed by atoms with van der Waals surface area (Å²) in [6.45, 7) is 0. The van der Waals surface area contributed by atoms with Crippen molar-refractivity contribution < 1.29 is 10.2 Å². The summed E-state index contributed by atoms with van der Waals surface area (Å²) in [5.41, 5.74) is 1.81. The third-order valence-corrected chi connectivity index (χ3v) is 2.50. The molecule has 0 unspecified atom stereocenters. The van der Waals surface area contributed by atoms with Crippen molar-refractivity contribution in [3.05, 3.63) is 42.5 Å². The van der Waals surface area contributed by atoms with Gasteiger partial charge in [-0.15, -0.1) is 15.0 Å². The number of hydrogen-bond donors (Lipinski definition) is 2. The molecule has 0 radical (unpaired) electrons. The smallest absolute Gasteiger partial charge is 0.185 e. The topological polar surface area (TPSA) is 71.2 Å². The molecule has 84 valence electrons. The van der Waals surface area contributed by atoms with Crippen molar-refractivity contribution in [1.82, 2.24) is 15.0 Å². The first-order valence-corrected chi connectivity index (χ1v) is 5.09. The van der Waals surface area contributed by atoms with Crippen LogP contribution in [0.15, 0.2) is 42.5 Å². The molecule has 1 aromatic heterocycles. The van der Waals surface area contributed by atoms with Gasteiger partial charge in [0.25, 0.3) is 0 Å². The number of aromatic hydroxyl groups is 2. The van der Waals surface area contributed by atoms with Gasteiger partial charge in [-0.05, 0) is 24.3 Å². The lowest BCUT2D eigenvalue weighted by atomic mass is 10.3. The zero-order chi connectivity index (χ0) is 11.8. The standard InChI is InChI=1S/C12H9N3O2/c16-11-7-3-6-10(12(11)17)15-13-8-4-1-2-5-9(8)14-15/h1-7,16-17H. The zero-order valence-electron chi connectivity index (χ0n) is 8.78. The number of fused-ring (bicyclic) bond motifs is 1. The molecule has 0 aliphatic carbocycles. The number of hydrogen-bond acceptors (Lipinski definition) is 4. The summed E-state index contributed by atoms with van der Waals surface area (Å²) >= 11 is 0. The van der Waals surface area contributed by atoms with Gasteiger partial charge in [-0.25, -0.2) is 0 Å². The maximum Gasteiger partial charge on any atom is 0.185 e. The predicted octanol–water partition coefficient (Wildman–Crippen LogP) is 1.83. The van der Waals surface area contributed by atoms with E-state index in [0.717, 1.165) is 11.0 Å². The summed E-state index contributed by atoms with van der Waals surface area (Å²) in [6.07, 6.45) is 0. The van der Waals surface area contributed by atoms with Crippen LogP contribution >= 0.6 is 0 Å². The van der Waals surface area contributed by atoms with Crippen LogP contribution in [0.25, 0.3) is 16.7 Å². The lowest BCUT2D eigenvalue weighted by molar-refractivity contribution is 0.400. The molecule has 0 spiro atoms. The molecule has 3 aromatic rings. The fourth-order valence-electron chi connectivity index (χ4n) is 1.65. The van der Waals surface area contributed by atoms with Crippen LogP contribution in [0.3, 0.4) is 0 Å². The molecule has 5 heteroatoms. The minimum absolute atomic E-state index is 0.191. The number of rotatable bonds is 1.